The maximum atomic E-state index is 11.7. The number of para-hydroxylation sites is 2. The van der Waals surface area contributed by atoms with E-state index in [1.165, 1.54) is 0 Å². The van der Waals surface area contributed by atoms with E-state index in [2.05, 4.69) is 11.8 Å². The Kier molecular flexibility index (Phi) is 6.30. The molecular weight excluding hydrogens is 278 g/mol. The number of esters is 1. The highest BCUT2D eigenvalue weighted by molar-refractivity contribution is 5.71. The zero-order valence-corrected chi connectivity index (χ0v) is 12.8. The average molecular weight is 299 g/mol. The number of benzene rings is 2. The van der Waals surface area contributed by atoms with E-state index in [0.29, 0.717) is 18.9 Å². The molecule has 116 valence electrons. The molecule has 0 aromatic heterocycles. The minimum Gasteiger partial charge on any atom is -0.482 e. The van der Waals surface area contributed by atoms with Crippen molar-refractivity contribution in [3.05, 3.63) is 60.7 Å². The largest absolute Gasteiger partial charge is 0.482 e. The topological polar surface area (TPSA) is 38.8 Å². The molecule has 0 spiro atoms. The van der Waals surface area contributed by atoms with Crippen LogP contribution in [0, 0.1) is 0 Å². The van der Waals surface area contributed by atoms with Crippen molar-refractivity contribution in [2.45, 2.75) is 6.92 Å². The SMILES string of the molecule is CCN(CCOC(=O)COc1ccccc1)c1ccccc1. The molecule has 0 heterocycles. The van der Waals surface area contributed by atoms with E-state index in [-0.39, 0.29) is 12.6 Å². The highest BCUT2D eigenvalue weighted by Crippen LogP contribution is 2.12. The Balaban J connectivity index is 1.70. The van der Waals surface area contributed by atoms with Crippen LogP contribution in [0.3, 0.4) is 0 Å². The lowest BCUT2D eigenvalue weighted by atomic mass is 10.3. The molecule has 0 aliphatic carbocycles. The molecule has 4 nitrogen and oxygen atoms in total. The lowest BCUT2D eigenvalue weighted by Gasteiger charge is -2.22. The first-order valence-electron chi connectivity index (χ1n) is 7.43. The Morgan fingerprint density at radius 3 is 2.27 bits per heavy atom. The Morgan fingerprint density at radius 1 is 1.00 bits per heavy atom. The van der Waals surface area contributed by atoms with E-state index in [0.717, 1.165) is 12.2 Å². The van der Waals surface area contributed by atoms with Gasteiger partial charge in [0.2, 0.25) is 0 Å². The molecule has 2 aromatic rings. The van der Waals surface area contributed by atoms with E-state index >= 15 is 0 Å². The number of carbonyl (C=O) groups excluding carboxylic acids is 1. The molecule has 0 amide bonds. The van der Waals surface area contributed by atoms with E-state index in [1.54, 1.807) is 0 Å². The zero-order valence-electron chi connectivity index (χ0n) is 12.8. The number of rotatable bonds is 8. The molecule has 0 radical (unpaired) electrons. The standard InChI is InChI=1S/C18H21NO3/c1-2-19(16-9-5-3-6-10-16)13-14-21-18(20)15-22-17-11-7-4-8-12-17/h3-12H,2,13-15H2,1H3. The summed E-state index contributed by atoms with van der Waals surface area (Å²) < 4.78 is 10.6. The average Bonchev–Trinajstić information content (AvgIpc) is 2.58. The van der Waals surface area contributed by atoms with Crippen LogP contribution >= 0.6 is 0 Å². The van der Waals surface area contributed by atoms with Crippen LogP contribution in [0.2, 0.25) is 0 Å². The van der Waals surface area contributed by atoms with Crippen molar-refractivity contribution < 1.29 is 14.3 Å². The molecule has 0 atom stereocenters. The molecular formula is C18H21NO3. The molecule has 0 aliphatic rings. The second-order valence-electron chi connectivity index (χ2n) is 4.74. The van der Waals surface area contributed by atoms with Gasteiger partial charge in [-0.05, 0) is 31.2 Å². The first-order valence-corrected chi connectivity index (χ1v) is 7.43. The highest BCUT2D eigenvalue weighted by atomic mass is 16.6. The highest BCUT2D eigenvalue weighted by Gasteiger charge is 2.07. The number of likely N-dealkylation sites (N-methyl/N-ethyl adjacent to an activating group) is 1. The lowest BCUT2D eigenvalue weighted by Crippen LogP contribution is -2.28. The van der Waals surface area contributed by atoms with E-state index in [1.807, 2.05) is 60.7 Å². The van der Waals surface area contributed by atoms with Crippen molar-refractivity contribution in [3.8, 4) is 5.75 Å². The third kappa shape index (κ3) is 5.13. The summed E-state index contributed by atoms with van der Waals surface area (Å²) in [5.74, 6) is 0.312. The van der Waals surface area contributed by atoms with Gasteiger partial charge in [0.1, 0.15) is 12.4 Å². The van der Waals surface area contributed by atoms with Crippen LogP contribution in [0.15, 0.2) is 60.7 Å². The third-order valence-corrected chi connectivity index (χ3v) is 3.23. The van der Waals surface area contributed by atoms with E-state index in [9.17, 15) is 4.79 Å². The molecule has 0 unspecified atom stereocenters. The number of nitrogens with zero attached hydrogens (tertiary/aromatic N) is 1. The summed E-state index contributed by atoms with van der Waals surface area (Å²) in [4.78, 5) is 13.8. The van der Waals surface area contributed by atoms with Gasteiger partial charge < -0.3 is 14.4 Å². The van der Waals surface area contributed by atoms with Crippen molar-refractivity contribution >= 4 is 11.7 Å². The first-order chi connectivity index (χ1) is 10.8. The predicted molar refractivity (Wildman–Crippen MR) is 87.2 cm³/mol. The number of hydrogen-bond donors (Lipinski definition) is 0. The van der Waals surface area contributed by atoms with Crippen molar-refractivity contribution in [3.63, 3.8) is 0 Å². The summed E-state index contributed by atoms with van der Waals surface area (Å²) in [6.07, 6.45) is 0. The Labute approximate surface area is 131 Å². The van der Waals surface area contributed by atoms with Gasteiger partial charge in [-0.2, -0.15) is 0 Å². The van der Waals surface area contributed by atoms with Gasteiger partial charge in [-0.25, -0.2) is 4.79 Å². The van der Waals surface area contributed by atoms with Gasteiger partial charge in [-0.3, -0.25) is 0 Å². The summed E-state index contributed by atoms with van der Waals surface area (Å²) >= 11 is 0. The second-order valence-corrected chi connectivity index (χ2v) is 4.74. The number of anilines is 1. The van der Waals surface area contributed by atoms with Gasteiger partial charge in [0, 0.05) is 12.2 Å². The summed E-state index contributed by atoms with van der Waals surface area (Å²) in [7, 11) is 0. The fraction of sp³-hybridized carbons (Fsp3) is 0.278. The number of hydrogen-bond acceptors (Lipinski definition) is 4. The first kappa shape index (κ1) is 15.9. The Hall–Kier alpha value is -2.49. The van der Waals surface area contributed by atoms with Crippen molar-refractivity contribution in [1.82, 2.24) is 0 Å². The molecule has 22 heavy (non-hydrogen) atoms. The van der Waals surface area contributed by atoms with Gasteiger partial charge in [0.15, 0.2) is 6.61 Å². The Morgan fingerprint density at radius 2 is 1.64 bits per heavy atom. The van der Waals surface area contributed by atoms with Gasteiger partial charge in [-0.15, -0.1) is 0 Å². The van der Waals surface area contributed by atoms with Crippen LogP contribution in [0.5, 0.6) is 5.75 Å². The van der Waals surface area contributed by atoms with Gasteiger partial charge in [0.25, 0.3) is 0 Å². The summed E-state index contributed by atoms with van der Waals surface area (Å²) in [6, 6.07) is 19.3. The van der Waals surface area contributed by atoms with Crippen LogP contribution in [-0.2, 0) is 9.53 Å². The van der Waals surface area contributed by atoms with Gasteiger partial charge >= 0.3 is 5.97 Å². The van der Waals surface area contributed by atoms with Crippen molar-refractivity contribution in [2.24, 2.45) is 0 Å². The zero-order chi connectivity index (χ0) is 15.6. The minimum absolute atomic E-state index is 0.0680. The Bertz CT molecular complexity index is 557. The number of carbonyl (C=O) groups is 1. The lowest BCUT2D eigenvalue weighted by molar-refractivity contribution is -0.145. The maximum absolute atomic E-state index is 11.7. The molecule has 2 aromatic carbocycles. The van der Waals surface area contributed by atoms with Crippen molar-refractivity contribution in [1.29, 1.82) is 0 Å². The summed E-state index contributed by atoms with van der Waals surface area (Å²) in [6.45, 7) is 3.88. The molecule has 0 saturated carbocycles. The van der Waals surface area contributed by atoms with E-state index in [4.69, 9.17) is 9.47 Å². The normalized spacial score (nSPS) is 10.0. The third-order valence-electron chi connectivity index (χ3n) is 3.23. The van der Waals surface area contributed by atoms with Crippen LogP contribution in [-0.4, -0.2) is 32.3 Å². The molecule has 0 bridgehead atoms. The fourth-order valence-corrected chi connectivity index (χ4v) is 2.08. The van der Waals surface area contributed by atoms with Crippen LogP contribution in [0.4, 0.5) is 5.69 Å². The molecule has 0 saturated heterocycles. The molecule has 0 fully saturated rings. The summed E-state index contributed by atoms with van der Waals surface area (Å²) in [5.41, 5.74) is 1.13. The van der Waals surface area contributed by atoms with Crippen molar-refractivity contribution in [2.75, 3.05) is 31.2 Å². The van der Waals surface area contributed by atoms with Crippen LogP contribution in [0.1, 0.15) is 6.92 Å². The molecule has 4 heteroatoms. The van der Waals surface area contributed by atoms with Gasteiger partial charge in [-0.1, -0.05) is 36.4 Å². The number of ether oxygens (including phenoxy) is 2. The fourth-order valence-electron chi connectivity index (χ4n) is 2.08. The maximum Gasteiger partial charge on any atom is 0.344 e. The van der Waals surface area contributed by atoms with Gasteiger partial charge in [0.05, 0.1) is 6.54 Å². The molecule has 0 N–H and O–H groups in total. The second kappa shape index (κ2) is 8.72. The smallest absolute Gasteiger partial charge is 0.344 e. The quantitative estimate of drug-likeness (QED) is 0.702. The predicted octanol–water partition coefficient (Wildman–Crippen LogP) is 3.14. The van der Waals surface area contributed by atoms with Crippen LogP contribution in [0.25, 0.3) is 0 Å². The minimum atomic E-state index is -0.354. The monoisotopic (exact) mass is 299 g/mol. The molecule has 0 aliphatic heterocycles. The van der Waals surface area contributed by atoms with Crippen LogP contribution < -0.4 is 9.64 Å². The van der Waals surface area contributed by atoms with E-state index < -0.39 is 0 Å². The summed E-state index contributed by atoms with van der Waals surface area (Å²) in [5, 5.41) is 0. The molecule has 2 rings (SSSR count).